The first-order valence-electron chi connectivity index (χ1n) is 7.20. The van der Waals surface area contributed by atoms with E-state index in [0.29, 0.717) is 6.04 Å². The van der Waals surface area contributed by atoms with Crippen molar-refractivity contribution < 1.29 is 4.74 Å². The van der Waals surface area contributed by atoms with E-state index in [9.17, 15) is 0 Å². The highest BCUT2D eigenvalue weighted by Gasteiger charge is 2.22. The second-order valence-corrected chi connectivity index (χ2v) is 5.04. The van der Waals surface area contributed by atoms with Crippen molar-refractivity contribution in [3.63, 3.8) is 0 Å². The summed E-state index contributed by atoms with van der Waals surface area (Å²) in [7, 11) is 0. The fourth-order valence-electron chi connectivity index (χ4n) is 2.99. The molecule has 1 heterocycles. The molecule has 0 atom stereocenters. The fraction of sp³-hybridized carbons (Fsp3) is 0.625. The van der Waals surface area contributed by atoms with Gasteiger partial charge in [-0.1, -0.05) is 19.1 Å². The number of benzene rings is 1. The van der Waals surface area contributed by atoms with Crippen LogP contribution in [0.3, 0.4) is 0 Å². The van der Waals surface area contributed by atoms with Crippen LogP contribution in [0.4, 0.5) is 5.69 Å². The number of hydrogen-bond donors (Lipinski definition) is 0. The molecule has 0 bridgehead atoms. The monoisotopic (exact) mass is 247 g/mol. The van der Waals surface area contributed by atoms with Gasteiger partial charge in [0.25, 0.3) is 0 Å². The lowest BCUT2D eigenvalue weighted by Crippen LogP contribution is -2.39. The van der Waals surface area contributed by atoms with Gasteiger partial charge in [-0.25, -0.2) is 0 Å². The maximum atomic E-state index is 5.48. The van der Waals surface area contributed by atoms with Crippen LogP contribution in [0.25, 0.3) is 0 Å². The summed E-state index contributed by atoms with van der Waals surface area (Å²) >= 11 is 0. The maximum absolute atomic E-state index is 5.48. The molecular weight excluding hydrogens is 222 g/mol. The van der Waals surface area contributed by atoms with Crippen LogP contribution in [0.5, 0.6) is 0 Å². The Balaban J connectivity index is 2.26. The quantitative estimate of drug-likeness (QED) is 0.806. The molecule has 0 aliphatic carbocycles. The van der Waals surface area contributed by atoms with Gasteiger partial charge < -0.3 is 9.64 Å². The summed E-state index contributed by atoms with van der Waals surface area (Å²) in [6, 6.07) is 7.36. The summed E-state index contributed by atoms with van der Waals surface area (Å²) in [4.78, 5) is 2.57. The predicted molar refractivity (Wildman–Crippen MR) is 77.4 cm³/mol. The van der Waals surface area contributed by atoms with Gasteiger partial charge in [0.15, 0.2) is 0 Å². The van der Waals surface area contributed by atoms with E-state index in [-0.39, 0.29) is 0 Å². The third kappa shape index (κ3) is 2.69. The first-order chi connectivity index (χ1) is 8.77. The van der Waals surface area contributed by atoms with Gasteiger partial charge in [0, 0.05) is 31.5 Å². The minimum absolute atomic E-state index is 0.648. The summed E-state index contributed by atoms with van der Waals surface area (Å²) in [5.74, 6) is 0. The molecular formula is C16H25NO. The van der Waals surface area contributed by atoms with Crippen LogP contribution < -0.4 is 4.90 Å². The molecule has 0 radical (unpaired) electrons. The molecule has 1 saturated heterocycles. The van der Waals surface area contributed by atoms with Gasteiger partial charge >= 0.3 is 0 Å². The normalized spacial score (nSPS) is 16.8. The van der Waals surface area contributed by atoms with Crippen molar-refractivity contribution in [2.45, 2.75) is 46.1 Å². The van der Waals surface area contributed by atoms with Gasteiger partial charge in [-0.15, -0.1) is 0 Å². The van der Waals surface area contributed by atoms with Crippen molar-refractivity contribution in [2.24, 2.45) is 0 Å². The Kier molecular flexibility index (Phi) is 4.65. The van der Waals surface area contributed by atoms with Crippen molar-refractivity contribution in [3.05, 3.63) is 29.3 Å². The zero-order chi connectivity index (χ0) is 13.0. The largest absolute Gasteiger partial charge is 0.381 e. The lowest BCUT2D eigenvalue weighted by Gasteiger charge is -2.36. The van der Waals surface area contributed by atoms with Gasteiger partial charge in [0.1, 0.15) is 0 Å². The lowest BCUT2D eigenvalue weighted by molar-refractivity contribution is 0.0846. The van der Waals surface area contributed by atoms with Gasteiger partial charge in [0.2, 0.25) is 0 Å². The van der Waals surface area contributed by atoms with Gasteiger partial charge in [-0.3, -0.25) is 0 Å². The molecule has 1 fully saturated rings. The summed E-state index contributed by atoms with van der Waals surface area (Å²) in [5.41, 5.74) is 4.34. The maximum Gasteiger partial charge on any atom is 0.0485 e. The smallest absolute Gasteiger partial charge is 0.0485 e. The topological polar surface area (TPSA) is 12.5 Å². The van der Waals surface area contributed by atoms with Gasteiger partial charge in [0.05, 0.1) is 0 Å². The number of rotatable bonds is 4. The average Bonchev–Trinajstić information content (AvgIpc) is 2.43. The van der Waals surface area contributed by atoms with E-state index < -0.39 is 0 Å². The zero-order valence-corrected chi connectivity index (χ0v) is 11.9. The van der Waals surface area contributed by atoms with Crippen LogP contribution in [0.15, 0.2) is 18.2 Å². The molecule has 0 amide bonds. The summed E-state index contributed by atoms with van der Waals surface area (Å²) in [6.45, 7) is 9.65. The first-order valence-corrected chi connectivity index (χ1v) is 7.20. The van der Waals surface area contributed by atoms with E-state index in [0.717, 1.165) is 39.0 Å². The van der Waals surface area contributed by atoms with E-state index in [2.05, 4.69) is 43.9 Å². The van der Waals surface area contributed by atoms with Gasteiger partial charge in [-0.2, -0.15) is 0 Å². The molecule has 1 aliphatic rings. The Bertz CT molecular complexity index is 383. The Morgan fingerprint density at radius 2 is 1.94 bits per heavy atom. The number of aryl methyl sites for hydroxylation is 1. The molecule has 100 valence electrons. The zero-order valence-electron chi connectivity index (χ0n) is 11.9. The van der Waals surface area contributed by atoms with Crippen molar-refractivity contribution in [1.29, 1.82) is 0 Å². The highest BCUT2D eigenvalue weighted by molar-refractivity contribution is 5.57. The molecule has 0 N–H and O–H groups in total. The van der Waals surface area contributed by atoms with Crippen molar-refractivity contribution in [2.75, 3.05) is 24.7 Å². The molecule has 2 rings (SSSR count). The fourth-order valence-corrected chi connectivity index (χ4v) is 2.99. The Labute approximate surface area is 111 Å². The predicted octanol–water partition coefficient (Wildman–Crippen LogP) is 3.56. The van der Waals surface area contributed by atoms with Crippen LogP contribution >= 0.6 is 0 Å². The summed E-state index contributed by atoms with van der Waals surface area (Å²) < 4.78 is 5.48. The second kappa shape index (κ2) is 6.24. The first kappa shape index (κ1) is 13.4. The van der Waals surface area contributed by atoms with Crippen molar-refractivity contribution in [1.82, 2.24) is 0 Å². The Hall–Kier alpha value is -1.02. The van der Waals surface area contributed by atoms with Crippen LogP contribution in [0.1, 0.15) is 37.8 Å². The Morgan fingerprint density at radius 3 is 2.56 bits per heavy atom. The second-order valence-electron chi connectivity index (χ2n) is 5.04. The summed E-state index contributed by atoms with van der Waals surface area (Å²) in [5, 5.41) is 0. The van der Waals surface area contributed by atoms with Gasteiger partial charge in [-0.05, 0) is 50.3 Å². The Morgan fingerprint density at radius 1 is 1.22 bits per heavy atom. The summed E-state index contributed by atoms with van der Waals surface area (Å²) in [6.07, 6.45) is 3.43. The molecule has 0 saturated carbocycles. The molecule has 18 heavy (non-hydrogen) atoms. The lowest BCUT2D eigenvalue weighted by atomic mass is 10.0. The molecule has 0 unspecified atom stereocenters. The SMILES string of the molecule is CCc1cccc(N(CC)C2CCOCC2)c1C. The third-order valence-electron chi connectivity index (χ3n) is 4.08. The van der Waals surface area contributed by atoms with Crippen LogP contribution in [0, 0.1) is 6.92 Å². The molecule has 1 aromatic rings. The number of hydrogen-bond acceptors (Lipinski definition) is 2. The van der Waals surface area contributed by atoms with E-state index in [4.69, 9.17) is 4.74 Å². The molecule has 1 aromatic carbocycles. The molecule has 0 spiro atoms. The van der Waals surface area contributed by atoms with Crippen molar-refractivity contribution in [3.8, 4) is 0 Å². The number of ether oxygens (including phenoxy) is 1. The minimum Gasteiger partial charge on any atom is -0.381 e. The van der Waals surface area contributed by atoms with Crippen LogP contribution in [-0.4, -0.2) is 25.8 Å². The number of nitrogens with zero attached hydrogens (tertiary/aromatic N) is 1. The van der Waals surface area contributed by atoms with E-state index in [1.165, 1.54) is 16.8 Å². The van der Waals surface area contributed by atoms with E-state index in [1.54, 1.807) is 0 Å². The standard InChI is InChI=1S/C16H25NO/c1-4-14-7-6-8-16(13(14)3)17(5-2)15-9-11-18-12-10-15/h6-8,15H,4-5,9-12H2,1-3H3. The van der Waals surface area contributed by atoms with E-state index >= 15 is 0 Å². The average molecular weight is 247 g/mol. The molecule has 2 heteroatoms. The molecule has 2 nitrogen and oxygen atoms in total. The van der Waals surface area contributed by atoms with Crippen molar-refractivity contribution >= 4 is 5.69 Å². The number of anilines is 1. The minimum atomic E-state index is 0.648. The van der Waals surface area contributed by atoms with E-state index in [1.807, 2.05) is 0 Å². The van der Waals surface area contributed by atoms with Crippen LogP contribution in [0.2, 0.25) is 0 Å². The molecule has 1 aliphatic heterocycles. The van der Waals surface area contributed by atoms with Crippen LogP contribution in [-0.2, 0) is 11.2 Å². The highest BCUT2D eigenvalue weighted by atomic mass is 16.5. The third-order valence-corrected chi connectivity index (χ3v) is 4.08. The molecule has 0 aromatic heterocycles. The highest BCUT2D eigenvalue weighted by Crippen LogP contribution is 2.28.